The van der Waals surface area contributed by atoms with Gasteiger partial charge >= 0.3 is 12.8 Å². The topological polar surface area (TPSA) is 9.23 Å². The van der Waals surface area contributed by atoms with Crippen molar-refractivity contribution in [2.75, 3.05) is 0 Å². The van der Waals surface area contributed by atoms with E-state index in [9.17, 15) is 26.3 Å². The molecule has 0 heterocycles. The maximum Gasteiger partial charge on any atom is 0.416 e. The van der Waals surface area contributed by atoms with Crippen LogP contribution in [0.15, 0.2) is 12.1 Å². The van der Waals surface area contributed by atoms with E-state index in [1.807, 2.05) is 0 Å². The van der Waals surface area contributed by atoms with Crippen LogP contribution < -0.4 is 4.74 Å². The van der Waals surface area contributed by atoms with E-state index in [2.05, 4.69) is 4.74 Å². The fourth-order valence-electron chi connectivity index (χ4n) is 0.909. The largest absolute Gasteiger partial charge is 0.433 e. The van der Waals surface area contributed by atoms with Gasteiger partial charge in [0.2, 0.25) is 0 Å². The molecule has 0 radical (unpaired) electrons. The van der Waals surface area contributed by atoms with Gasteiger partial charge in [-0.05, 0) is 12.1 Å². The van der Waals surface area contributed by atoms with Gasteiger partial charge in [0, 0.05) is 0 Å². The lowest BCUT2D eigenvalue weighted by Crippen LogP contribution is -2.09. The average Bonchev–Trinajstić information content (AvgIpc) is 2.10. The Hall–Kier alpha value is -1.11. The molecule has 8 heteroatoms. The van der Waals surface area contributed by atoms with E-state index in [1.165, 1.54) is 0 Å². The van der Waals surface area contributed by atoms with Crippen molar-refractivity contribution in [1.82, 2.24) is 0 Å². The molecule has 0 aliphatic rings. The van der Waals surface area contributed by atoms with E-state index in [0.29, 0.717) is 0 Å². The second kappa shape index (κ2) is 4.40. The zero-order chi connectivity index (χ0) is 12.5. The van der Waals surface area contributed by atoms with Gasteiger partial charge in [-0.3, -0.25) is 0 Å². The highest BCUT2D eigenvalue weighted by Crippen LogP contribution is 2.37. The molecule has 1 aromatic carbocycles. The smallest absolute Gasteiger partial charge is 0.416 e. The van der Waals surface area contributed by atoms with Crippen LogP contribution in [0.2, 0.25) is 5.02 Å². The quantitative estimate of drug-likeness (QED) is 0.731. The van der Waals surface area contributed by atoms with Crippen molar-refractivity contribution in [1.29, 1.82) is 0 Å². The Labute approximate surface area is 90.6 Å². The number of ether oxygens (including phenoxy) is 1. The van der Waals surface area contributed by atoms with Gasteiger partial charge in [0.1, 0.15) is 16.6 Å². The van der Waals surface area contributed by atoms with Crippen molar-refractivity contribution in [3.63, 3.8) is 0 Å². The van der Waals surface area contributed by atoms with Gasteiger partial charge in [0.25, 0.3) is 0 Å². The van der Waals surface area contributed by atoms with Crippen LogP contribution in [0.25, 0.3) is 0 Å². The van der Waals surface area contributed by atoms with Crippen molar-refractivity contribution < 1.29 is 31.1 Å². The molecule has 0 aliphatic carbocycles. The zero-order valence-electron chi connectivity index (χ0n) is 7.29. The maximum absolute atomic E-state index is 12.9. The number of hydrogen-bond acceptors (Lipinski definition) is 1. The maximum atomic E-state index is 12.9. The van der Waals surface area contributed by atoms with Gasteiger partial charge in [0.15, 0.2) is 0 Å². The number of hydrogen-bond donors (Lipinski definition) is 0. The van der Waals surface area contributed by atoms with Gasteiger partial charge in [-0.25, -0.2) is 4.39 Å². The minimum Gasteiger partial charge on any atom is -0.433 e. The number of alkyl halides is 5. The van der Waals surface area contributed by atoms with Crippen LogP contribution in [0.1, 0.15) is 5.56 Å². The molecule has 0 fully saturated rings. The summed E-state index contributed by atoms with van der Waals surface area (Å²) in [5, 5.41) is -0.923. The Balaban J connectivity index is 3.22. The van der Waals surface area contributed by atoms with Crippen LogP contribution >= 0.6 is 11.6 Å². The highest BCUT2D eigenvalue weighted by molar-refractivity contribution is 6.32. The molecule has 0 unspecified atom stereocenters. The molecule has 1 aromatic rings. The van der Waals surface area contributed by atoms with Crippen LogP contribution in [-0.4, -0.2) is 6.61 Å². The predicted octanol–water partition coefficient (Wildman–Crippen LogP) is 4.10. The highest BCUT2D eigenvalue weighted by Gasteiger charge is 2.33. The lowest BCUT2D eigenvalue weighted by Gasteiger charge is -2.11. The first-order valence-corrected chi connectivity index (χ1v) is 4.10. The Morgan fingerprint density at radius 2 is 1.75 bits per heavy atom. The van der Waals surface area contributed by atoms with Crippen molar-refractivity contribution in [2.24, 2.45) is 0 Å². The van der Waals surface area contributed by atoms with Gasteiger partial charge in [-0.15, -0.1) is 0 Å². The van der Waals surface area contributed by atoms with Crippen LogP contribution in [0, 0.1) is 5.82 Å². The summed E-state index contributed by atoms with van der Waals surface area (Å²) in [6, 6.07) is 0.304. The Bertz CT molecular complexity index is 389. The molecule has 0 aliphatic heterocycles. The van der Waals surface area contributed by atoms with E-state index in [-0.39, 0.29) is 12.1 Å². The Kier molecular flexibility index (Phi) is 3.57. The van der Waals surface area contributed by atoms with Crippen LogP contribution in [-0.2, 0) is 6.18 Å². The third-order valence-corrected chi connectivity index (χ3v) is 1.91. The van der Waals surface area contributed by atoms with Crippen LogP contribution in [0.4, 0.5) is 26.3 Å². The first-order valence-electron chi connectivity index (χ1n) is 3.73. The molecule has 90 valence electrons. The van der Waals surface area contributed by atoms with Crippen molar-refractivity contribution in [2.45, 2.75) is 12.8 Å². The summed E-state index contributed by atoms with van der Waals surface area (Å²) in [5.41, 5.74) is -1.45. The number of halogens is 7. The van der Waals surface area contributed by atoms with Crippen molar-refractivity contribution in [3.05, 3.63) is 28.5 Å². The molecule has 0 aromatic heterocycles. The van der Waals surface area contributed by atoms with E-state index in [4.69, 9.17) is 11.6 Å². The molecule has 0 atom stereocenters. The van der Waals surface area contributed by atoms with Crippen molar-refractivity contribution in [3.8, 4) is 5.75 Å². The highest BCUT2D eigenvalue weighted by atomic mass is 35.5. The SMILES string of the molecule is Fc1cc(C(F)(F)F)cc(OC(F)F)c1Cl. The molecule has 0 bridgehead atoms. The molecule has 16 heavy (non-hydrogen) atoms. The second-order valence-electron chi connectivity index (χ2n) is 2.65. The molecule has 0 spiro atoms. The van der Waals surface area contributed by atoms with E-state index >= 15 is 0 Å². The van der Waals surface area contributed by atoms with Crippen LogP contribution in [0.3, 0.4) is 0 Å². The lowest BCUT2D eigenvalue weighted by molar-refractivity contribution is -0.138. The molecule has 0 saturated carbocycles. The summed E-state index contributed by atoms with van der Waals surface area (Å²) in [6.07, 6.45) is -4.87. The zero-order valence-corrected chi connectivity index (χ0v) is 8.04. The summed E-state index contributed by atoms with van der Waals surface area (Å²) in [5.74, 6) is -2.53. The minimum atomic E-state index is -4.87. The van der Waals surface area contributed by atoms with Crippen LogP contribution in [0.5, 0.6) is 5.75 Å². The summed E-state index contributed by atoms with van der Waals surface area (Å²) in [4.78, 5) is 0. The number of benzene rings is 1. The molecule has 0 saturated heterocycles. The molecule has 0 N–H and O–H groups in total. The molecular formula is C8H3ClF6O. The van der Waals surface area contributed by atoms with E-state index in [0.717, 1.165) is 0 Å². The summed E-state index contributed by atoms with van der Waals surface area (Å²) >= 11 is 5.16. The van der Waals surface area contributed by atoms with Gasteiger partial charge in [-0.1, -0.05) is 11.6 Å². The molecule has 1 rings (SSSR count). The summed E-state index contributed by atoms with van der Waals surface area (Å²) < 4.78 is 76.6. The number of rotatable bonds is 2. The normalized spacial score (nSPS) is 12.0. The Morgan fingerprint density at radius 1 is 1.19 bits per heavy atom. The molecule has 0 amide bonds. The minimum absolute atomic E-state index is 0.0979. The Morgan fingerprint density at radius 3 is 2.19 bits per heavy atom. The third-order valence-electron chi connectivity index (χ3n) is 1.54. The van der Waals surface area contributed by atoms with Gasteiger partial charge < -0.3 is 4.74 Å². The average molecular weight is 265 g/mol. The summed E-state index contributed by atoms with van der Waals surface area (Å²) in [6.45, 7) is -3.39. The molecule has 1 nitrogen and oxygen atoms in total. The third kappa shape index (κ3) is 2.94. The first-order chi connectivity index (χ1) is 7.21. The predicted molar refractivity (Wildman–Crippen MR) is 43.0 cm³/mol. The fourth-order valence-corrected chi connectivity index (χ4v) is 1.06. The standard InChI is InChI=1S/C8H3ClF6O/c9-6-4(10)1-3(8(13,14)15)2-5(6)16-7(11)12/h1-2,7H. The van der Waals surface area contributed by atoms with E-state index in [1.54, 1.807) is 0 Å². The second-order valence-corrected chi connectivity index (χ2v) is 3.02. The summed E-state index contributed by atoms with van der Waals surface area (Å²) in [7, 11) is 0. The van der Waals surface area contributed by atoms with Gasteiger partial charge in [0.05, 0.1) is 5.56 Å². The first kappa shape index (κ1) is 13.0. The fraction of sp³-hybridized carbons (Fsp3) is 0.250. The van der Waals surface area contributed by atoms with Gasteiger partial charge in [-0.2, -0.15) is 22.0 Å². The van der Waals surface area contributed by atoms with E-state index < -0.39 is 34.9 Å². The monoisotopic (exact) mass is 264 g/mol. The molecular weight excluding hydrogens is 262 g/mol. The lowest BCUT2D eigenvalue weighted by atomic mass is 10.2. The van der Waals surface area contributed by atoms with Crippen molar-refractivity contribution >= 4 is 11.6 Å².